The minimum absolute atomic E-state index is 0.182. The van der Waals surface area contributed by atoms with E-state index in [0.717, 1.165) is 5.56 Å². The van der Waals surface area contributed by atoms with E-state index in [0.29, 0.717) is 17.1 Å². The summed E-state index contributed by atoms with van der Waals surface area (Å²) in [6.45, 7) is 0.357. The lowest BCUT2D eigenvalue weighted by atomic mass is 10.2. The standard InChI is InChI=1S/C20H17ClN2O2S/c21-18-13-11-17(12-14-18)20(22-15-16-7-3-1-4-8-16)23-26(24,25)19-9-5-2-6-10-19/h1-14H,15H2,(H,22,23). The molecule has 0 radical (unpaired) electrons. The van der Waals surface area contributed by atoms with Gasteiger partial charge in [-0.15, -0.1) is 0 Å². The van der Waals surface area contributed by atoms with Crippen molar-refractivity contribution in [1.29, 1.82) is 0 Å². The number of rotatable bonds is 5. The Morgan fingerprint density at radius 1 is 0.846 bits per heavy atom. The molecular weight excluding hydrogens is 368 g/mol. The average molecular weight is 385 g/mol. The van der Waals surface area contributed by atoms with Gasteiger partial charge in [-0.25, -0.2) is 8.42 Å². The van der Waals surface area contributed by atoms with Crippen LogP contribution in [0.2, 0.25) is 5.02 Å². The van der Waals surface area contributed by atoms with Crippen molar-refractivity contribution < 1.29 is 8.42 Å². The second-order valence-electron chi connectivity index (χ2n) is 5.58. The maximum Gasteiger partial charge on any atom is 0.263 e. The molecule has 0 aromatic heterocycles. The van der Waals surface area contributed by atoms with Gasteiger partial charge in [0.15, 0.2) is 0 Å². The van der Waals surface area contributed by atoms with E-state index in [1.54, 1.807) is 54.6 Å². The van der Waals surface area contributed by atoms with Crippen LogP contribution in [0.15, 0.2) is 94.8 Å². The summed E-state index contributed by atoms with van der Waals surface area (Å²) in [6, 6.07) is 24.7. The van der Waals surface area contributed by atoms with Gasteiger partial charge in [-0.1, -0.05) is 60.1 Å². The first-order valence-corrected chi connectivity index (χ1v) is 9.83. The van der Waals surface area contributed by atoms with E-state index in [4.69, 9.17) is 11.6 Å². The highest BCUT2D eigenvalue weighted by Gasteiger charge is 2.17. The average Bonchev–Trinajstić information content (AvgIpc) is 2.67. The van der Waals surface area contributed by atoms with Crippen LogP contribution in [0.4, 0.5) is 0 Å². The molecule has 3 rings (SSSR count). The first-order valence-electron chi connectivity index (χ1n) is 7.97. The Kier molecular flexibility index (Phi) is 5.71. The van der Waals surface area contributed by atoms with Crippen molar-refractivity contribution in [1.82, 2.24) is 4.72 Å². The molecule has 0 aliphatic carbocycles. The second-order valence-corrected chi connectivity index (χ2v) is 7.69. The summed E-state index contributed by atoms with van der Waals surface area (Å²) >= 11 is 5.94. The van der Waals surface area contributed by atoms with E-state index in [9.17, 15) is 8.42 Å². The zero-order valence-corrected chi connectivity index (χ0v) is 15.4. The van der Waals surface area contributed by atoms with Crippen LogP contribution in [0, 0.1) is 0 Å². The number of sulfonamides is 1. The lowest BCUT2D eigenvalue weighted by Gasteiger charge is -2.12. The van der Waals surface area contributed by atoms with Crippen LogP contribution in [0.5, 0.6) is 0 Å². The topological polar surface area (TPSA) is 58.5 Å². The predicted molar refractivity (Wildman–Crippen MR) is 105 cm³/mol. The summed E-state index contributed by atoms with van der Waals surface area (Å²) in [6.07, 6.45) is 0. The Balaban J connectivity index is 1.94. The molecule has 132 valence electrons. The number of hydrogen-bond acceptors (Lipinski definition) is 3. The highest BCUT2D eigenvalue weighted by atomic mass is 35.5. The summed E-state index contributed by atoms with van der Waals surface area (Å²) in [5, 5.41) is 0.571. The molecule has 6 heteroatoms. The smallest absolute Gasteiger partial charge is 0.263 e. The summed E-state index contributed by atoms with van der Waals surface area (Å²) in [5.41, 5.74) is 1.63. The highest BCUT2D eigenvalue weighted by molar-refractivity contribution is 7.90. The van der Waals surface area contributed by atoms with Gasteiger partial charge >= 0.3 is 0 Å². The number of aliphatic imine (C=N–C) groups is 1. The molecule has 3 aromatic carbocycles. The quantitative estimate of drug-likeness (QED) is 0.527. The molecule has 3 aromatic rings. The second kappa shape index (κ2) is 8.17. The van der Waals surface area contributed by atoms with Gasteiger partial charge in [-0.05, 0) is 42.0 Å². The molecule has 1 N–H and O–H groups in total. The zero-order valence-electron chi connectivity index (χ0n) is 13.8. The maximum atomic E-state index is 12.7. The first kappa shape index (κ1) is 18.2. The largest absolute Gasteiger partial charge is 0.263 e. The van der Waals surface area contributed by atoms with Gasteiger partial charge in [0.25, 0.3) is 10.0 Å². The van der Waals surface area contributed by atoms with Crippen LogP contribution in [-0.4, -0.2) is 14.3 Å². The Morgan fingerprint density at radius 3 is 2.04 bits per heavy atom. The summed E-state index contributed by atoms with van der Waals surface area (Å²) in [4.78, 5) is 4.67. The van der Waals surface area contributed by atoms with Gasteiger partial charge in [0, 0.05) is 10.6 Å². The van der Waals surface area contributed by atoms with Gasteiger partial charge in [-0.2, -0.15) is 0 Å². The molecule has 0 unspecified atom stereocenters. The van der Waals surface area contributed by atoms with Crippen LogP contribution in [-0.2, 0) is 16.6 Å². The van der Waals surface area contributed by atoms with E-state index in [-0.39, 0.29) is 10.7 Å². The van der Waals surface area contributed by atoms with Gasteiger partial charge in [0.1, 0.15) is 5.84 Å². The van der Waals surface area contributed by atoms with Crippen LogP contribution in [0.3, 0.4) is 0 Å². The lowest BCUT2D eigenvalue weighted by molar-refractivity contribution is 0.592. The molecule has 0 saturated heterocycles. The number of halogens is 1. The molecule has 0 amide bonds. The van der Waals surface area contributed by atoms with Crippen molar-refractivity contribution in [2.45, 2.75) is 11.4 Å². The van der Waals surface area contributed by atoms with Gasteiger partial charge < -0.3 is 0 Å². The van der Waals surface area contributed by atoms with Crippen molar-refractivity contribution >= 4 is 27.5 Å². The zero-order chi connectivity index (χ0) is 18.4. The van der Waals surface area contributed by atoms with E-state index < -0.39 is 10.0 Å². The molecule has 0 heterocycles. The third kappa shape index (κ3) is 4.71. The number of benzene rings is 3. The fraction of sp³-hybridized carbons (Fsp3) is 0.0500. The van der Waals surface area contributed by atoms with Gasteiger partial charge in [0.2, 0.25) is 0 Å². The Bertz CT molecular complexity index is 987. The van der Waals surface area contributed by atoms with Crippen molar-refractivity contribution in [3.05, 3.63) is 101 Å². The number of nitrogens with one attached hydrogen (secondary N) is 1. The molecule has 0 spiro atoms. The Morgan fingerprint density at radius 2 is 1.42 bits per heavy atom. The third-order valence-electron chi connectivity index (χ3n) is 3.66. The summed E-state index contributed by atoms with van der Waals surface area (Å²) in [5.74, 6) is 0.273. The lowest BCUT2D eigenvalue weighted by Crippen LogP contribution is -2.31. The van der Waals surface area contributed by atoms with Crippen LogP contribution >= 0.6 is 11.6 Å². The number of hydrogen-bond donors (Lipinski definition) is 1. The van der Waals surface area contributed by atoms with Crippen molar-refractivity contribution in [2.75, 3.05) is 0 Å². The summed E-state index contributed by atoms with van der Waals surface area (Å²) < 4.78 is 27.9. The van der Waals surface area contributed by atoms with Crippen molar-refractivity contribution in [3.63, 3.8) is 0 Å². The van der Waals surface area contributed by atoms with Gasteiger partial charge in [0.05, 0.1) is 11.4 Å². The molecule has 4 nitrogen and oxygen atoms in total. The fourth-order valence-corrected chi connectivity index (χ4v) is 3.53. The molecule has 26 heavy (non-hydrogen) atoms. The molecule has 0 fully saturated rings. The Labute approximate surface area is 158 Å². The molecule has 0 saturated carbocycles. The monoisotopic (exact) mass is 384 g/mol. The van der Waals surface area contributed by atoms with E-state index in [1.165, 1.54) is 0 Å². The van der Waals surface area contributed by atoms with Crippen molar-refractivity contribution in [2.24, 2.45) is 4.99 Å². The van der Waals surface area contributed by atoms with Crippen LogP contribution in [0.25, 0.3) is 0 Å². The van der Waals surface area contributed by atoms with Crippen molar-refractivity contribution in [3.8, 4) is 0 Å². The molecule has 0 aliphatic heterocycles. The van der Waals surface area contributed by atoms with E-state index in [1.807, 2.05) is 30.3 Å². The van der Waals surface area contributed by atoms with E-state index in [2.05, 4.69) is 9.71 Å². The number of amidine groups is 1. The van der Waals surface area contributed by atoms with Crippen LogP contribution in [0.1, 0.15) is 11.1 Å². The molecule has 0 bridgehead atoms. The minimum Gasteiger partial charge on any atom is -0.263 e. The fourth-order valence-electron chi connectivity index (χ4n) is 2.33. The summed E-state index contributed by atoms with van der Waals surface area (Å²) in [7, 11) is -3.74. The molecule has 0 aliphatic rings. The van der Waals surface area contributed by atoms with Crippen LogP contribution < -0.4 is 4.72 Å². The van der Waals surface area contributed by atoms with E-state index >= 15 is 0 Å². The molecule has 0 atom stereocenters. The maximum absolute atomic E-state index is 12.7. The predicted octanol–water partition coefficient (Wildman–Crippen LogP) is 4.27. The number of nitrogens with zero attached hydrogens (tertiary/aromatic N) is 1. The minimum atomic E-state index is -3.74. The highest BCUT2D eigenvalue weighted by Crippen LogP contribution is 2.13. The third-order valence-corrected chi connectivity index (χ3v) is 5.27. The van der Waals surface area contributed by atoms with Gasteiger partial charge in [-0.3, -0.25) is 9.71 Å². The first-order chi connectivity index (χ1) is 12.5. The Hall–Kier alpha value is -2.63. The normalized spacial score (nSPS) is 12.0. The molecular formula is C20H17ClN2O2S. The SMILES string of the molecule is O=S(=O)(NC(=NCc1ccccc1)c1ccc(Cl)cc1)c1ccccc1.